The molecule has 2 heteroatoms. The number of hydrogen-bond donors (Lipinski definition) is 1. The van der Waals surface area contributed by atoms with Gasteiger partial charge in [-0.05, 0) is 76.8 Å². The summed E-state index contributed by atoms with van der Waals surface area (Å²) in [7, 11) is 2.17. The molecule has 0 saturated heterocycles. The topological polar surface area (TPSA) is 29.3 Å². The van der Waals surface area contributed by atoms with Crippen molar-refractivity contribution in [1.29, 1.82) is 0 Å². The molecule has 0 amide bonds. The summed E-state index contributed by atoms with van der Waals surface area (Å²) < 4.78 is 0. The van der Waals surface area contributed by atoms with E-state index in [0.717, 1.165) is 18.5 Å². The van der Waals surface area contributed by atoms with Crippen molar-refractivity contribution >= 4 is 16.9 Å². The number of nitrogens with two attached hydrogens (primary N) is 1. The second kappa shape index (κ2) is 14.4. The monoisotopic (exact) mass is 522 g/mol. The molecule has 40 heavy (non-hydrogen) atoms. The predicted octanol–water partition coefficient (Wildman–Crippen LogP) is 9.40. The minimum Gasteiger partial charge on any atom is -0.399 e. The normalized spacial score (nSPS) is 13.1. The van der Waals surface area contributed by atoms with E-state index in [-0.39, 0.29) is 0 Å². The molecule has 2 aliphatic rings. The minimum absolute atomic E-state index is 0.822. The van der Waals surface area contributed by atoms with Gasteiger partial charge in [-0.2, -0.15) is 0 Å². The van der Waals surface area contributed by atoms with Crippen LogP contribution in [-0.2, 0) is 6.42 Å². The molecule has 2 N–H and O–H groups in total. The highest BCUT2D eigenvalue weighted by Gasteiger charge is 2.23. The van der Waals surface area contributed by atoms with Gasteiger partial charge in [0.1, 0.15) is 0 Å². The van der Waals surface area contributed by atoms with Crippen molar-refractivity contribution in [3.8, 4) is 0 Å². The van der Waals surface area contributed by atoms with Crippen LogP contribution in [0.15, 0.2) is 162 Å². The Kier molecular flexibility index (Phi) is 10.2. The number of hydrogen-bond acceptors (Lipinski definition) is 2. The van der Waals surface area contributed by atoms with Crippen molar-refractivity contribution in [2.24, 2.45) is 0 Å². The van der Waals surface area contributed by atoms with Gasteiger partial charge in [-0.1, -0.05) is 111 Å². The van der Waals surface area contributed by atoms with E-state index in [1.807, 2.05) is 50.3 Å². The van der Waals surface area contributed by atoms with Crippen LogP contribution >= 0.6 is 0 Å². The summed E-state index contributed by atoms with van der Waals surface area (Å²) in [6, 6.07) is 39.8. The maximum atomic E-state index is 5.36. The van der Waals surface area contributed by atoms with E-state index in [1.54, 1.807) is 0 Å². The van der Waals surface area contributed by atoms with Crippen molar-refractivity contribution in [3.63, 3.8) is 0 Å². The molecule has 0 radical (unpaired) electrons. The summed E-state index contributed by atoms with van der Waals surface area (Å²) in [5.74, 6) is 0. The van der Waals surface area contributed by atoms with Crippen LogP contribution in [0, 0.1) is 0 Å². The molecule has 0 aliphatic heterocycles. The molecular formula is C38H38N2. The van der Waals surface area contributed by atoms with Crippen LogP contribution in [0.25, 0.3) is 5.57 Å². The van der Waals surface area contributed by atoms with Crippen molar-refractivity contribution in [3.05, 3.63) is 179 Å². The van der Waals surface area contributed by atoms with Gasteiger partial charge >= 0.3 is 0 Å². The second-order valence-electron chi connectivity index (χ2n) is 9.46. The molecule has 0 atom stereocenters. The second-order valence-corrected chi connectivity index (χ2v) is 9.46. The summed E-state index contributed by atoms with van der Waals surface area (Å²) in [4.78, 5) is 2.33. The highest BCUT2D eigenvalue weighted by molar-refractivity contribution is 5.82. The summed E-state index contributed by atoms with van der Waals surface area (Å²) in [6.45, 7) is 4.00. The molecule has 4 aromatic carbocycles. The molecule has 0 aromatic heterocycles. The van der Waals surface area contributed by atoms with Gasteiger partial charge < -0.3 is 10.6 Å². The van der Waals surface area contributed by atoms with Gasteiger partial charge in [0.05, 0.1) is 0 Å². The number of likely N-dealkylation sites (N-methyl/N-ethyl adjacent to an activating group) is 1. The zero-order valence-corrected chi connectivity index (χ0v) is 23.7. The number of nitrogens with zero attached hydrogens (tertiary/aromatic N) is 1. The fourth-order valence-corrected chi connectivity index (χ4v) is 4.77. The Labute approximate surface area is 239 Å². The van der Waals surface area contributed by atoms with Gasteiger partial charge in [-0.3, -0.25) is 0 Å². The first kappa shape index (κ1) is 28.2. The molecule has 4 aromatic rings. The molecule has 0 unspecified atom stereocenters. The van der Waals surface area contributed by atoms with E-state index in [9.17, 15) is 0 Å². The van der Waals surface area contributed by atoms with E-state index in [2.05, 4.69) is 121 Å². The third-order valence-corrected chi connectivity index (χ3v) is 6.76. The lowest BCUT2D eigenvalue weighted by molar-refractivity contribution is 1.12. The Balaban J connectivity index is 0.000000355. The van der Waals surface area contributed by atoms with Crippen LogP contribution in [0.4, 0.5) is 11.4 Å². The summed E-state index contributed by atoms with van der Waals surface area (Å²) >= 11 is 0. The zero-order chi connectivity index (χ0) is 28.2. The highest BCUT2D eigenvalue weighted by Crippen LogP contribution is 2.39. The van der Waals surface area contributed by atoms with Gasteiger partial charge in [-0.25, -0.2) is 0 Å². The fourth-order valence-electron chi connectivity index (χ4n) is 4.77. The van der Waals surface area contributed by atoms with Crippen LogP contribution < -0.4 is 10.6 Å². The van der Waals surface area contributed by atoms with Crippen LogP contribution in [0.2, 0.25) is 0 Å². The number of anilines is 2. The van der Waals surface area contributed by atoms with Gasteiger partial charge in [0.15, 0.2) is 0 Å². The molecule has 0 heterocycles. The van der Waals surface area contributed by atoms with E-state index in [0.29, 0.717) is 0 Å². The summed E-state index contributed by atoms with van der Waals surface area (Å²) in [5, 5.41) is 0. The van der Waals surface area contributed by atoms with Gasteiger partial charge in [0.2, 0.25) is 0 Å². The average molecular weight is 523 g/mol. The maximum absolute atomic E-state index is 5.36. The molecule has 200 valence electrons. The molecule has 2 aliphatic carbocycles. The Bertz CT molecular complexity index is 1540. The van der Waals surface area contributed by atoms with E-state index < -0.39 is 0 Å². The molecule has 0 bridgehead atoms. The number of nitrogen functional groups attached to an aromatic ring is 1. The molecule has 0 spiro atoms. The lowest BCUT2D eigenvalue weighted by Gasteiger charge is -2.22. The Hall–Kier alpha value is -4.78. The maximum Gasteiger partial charge on any atom is 0.0453 e. The number of allylic oxidation sites excluding steroid dienone is 6. The van der Waals surface area contributed by atoms with Crippen LogP contribution in [0.5, 0.6) is 0 Å². The molecule has 0 fully saturated rings. The SMILES string of the molecule is CC.CN(C1=C(c2ccccc2)CC(C2=C=CC=C2)=C1)c1cccc(Cc2ccccc2)c1.Nc1ccccc1. The summed E-state index contributed by atoms with van der Waals surface area (Å²) in [6.07, 6.45) is 10.4. The number of para-hydroxylation sites is 1. The van der Waals surface area contributed by atoms with Crippen molar-refractivity contribution in [1.82, 2.24) is 0 Å². The van der Waals surface area contributed by atoms with Crippen LogP contribution in [0.3, 0.4) is 0 Å². The highest BCUT2D eigenvalue weighted by atomic mass is 15.1. The predicted molar refractivity (Wildman–Crippen MR) is 173 cm³/mol. The van der Waals surface area contributed by atoms with E-state index in [1.165, 1.54) is 44.8 Å². The van der Waals surface area contributed by atoms with Crippen molar-refractivity contribution in [2.45, 2.75) is 26.7 Å². The molecular weight excluding hydrogens is 484 g/mol. The smallest absolute Gasteiger partial charge is 0.0453 e. The quantitative estimate of drug-likeness (QED) is 0.202. The molecule has 0 saturated carbocycles. The van der Waals surface area contributed by atoms with Gasteiger partial charge in [0, 0.05) is 36.1 Å². The molecule has 2 nitrogen and oxygen atoms in total. The Morgan fingerprint density at radius 1 is 0.750 bits per heavy atom. The van der Waals surface area contributed by atoms with E-state index >= 15 is 0 Å². The zero-order valence-electron chi connectivity index (χ0n) is 23.7. The number of benzene rings is 4. The third kappa shape index (κ3) is 7.41. The first-order valence-electron chi connectivity index (χ1n) is 14.0. The van der Waals surface area contributed by atoms with Gasteiger partial charge in [0.25, 0.3) is 0 Å². The Morgan fingerprint density at radius 2 is 1.38 bits per heavy atom. The van der Waals surface area contributed by atoms with E-state index in [4.69, 9.17) is 5.73 Å². The molecule has 6 rings (SSSR count). The fraction of sp³-hybridized carbons (Fsp3) is 0.132. The lowest BCUT2D eigenvalue weighted by Crippen LogP contribution is -2.15. The average Bonchev–Trinajstić information content (AvgIpc) is 3.71. The van der Waals surface area contributed by atoms with Crippen LogP contribution in [0.1, 0.15) is 37.0 Å². The van der Waals surface area contributed by atoms with Crippen molar-refractivity contribution < 1.29 is 0 Å². The first-order valence-corrected chi connectivity index (χ1v) is 14.0. The first-order chi connectivity index (χ1) is 19.7. The minimum atomic E-state index is 0.822. The standard InChI is InChI=1S/C30H25N.C6H7N.C2H6/c1-31(28-18-10-13-24(20-28)19-23-11-4-2-5-12-23)30-22-27(25-14-8-9-15-25)21-29(30)26-16-6-3-7-17-26;7-6-4-2-1-3-5-6;1-2/h2-14,16-18,20,22H,19,21H2,1H3;1-5H,7H2;1-2H3. The van der Waals surface area contributed by atoms with Crippen molar-refractivity contribution in [2.75, 3.05) is 17.7 Å². The summed E-state index contributed by atoms with van der Waals surface area (Å²) in [5.41, 5.74) is 19.8. The number of rotatable bonds is 6. The van der Waals surface area contributed by atoms with Gasteiger partial charge in [-0.15, -0.1) is 5.73 Å². The largest absolute Gasteiger partial charge is 0.399 e. The Morgan fingerprint density at radius 3 is 1.98 bits per heavy atom. The lowest BCUT2D eigenvalue weighted by atomic mass is 9.99. The third-order valence-electron chi connectivity index (χ3n) is 6.76. The van der Waals surface area contributed by atoms with Crippen LogP contribution in [-0.4, -0.2) is 7.05 Å².